The van der Waals surface area contributed by atoms with Crippen LogP contribution in [0.5, 0.6) is 0 Å². The number of rotatable bonds is 1. The summed E-state index contributed by atoms with van der Waals surface area (Å²) in [6.45, 7) is 0. The Kier molecular flexibility index (Phi) is 3.28. The Morgan fingerprint density at radius 2 is 2.25 bits per heavy atom. The first-order valence-electron chi connectivity index (χ1n) is 2.98. The van der Waals surface area contributed by atoms with Crippen molar-refractivity contribution in [3.63, 3.8) is 0 Å². The minimum atomic E-state index is -0.502. The Morgan fingerprint density at radius 1 is 1.58 bits per heavy atom. The number of hydrogen-bond donors (Lipinski definition) is 1. The number of halogens is 3. The fraction of sp³-hybridized carbons (Fsp3) is 0. The van der Waals surface area contributed by atoms with E-state index in [4.69, 9.17) is 16.8 Å². The van der Waals surface area contributed by atoms with Gasteiger partial charge in [0.1, 0.15) is 5.82 Å². The van der Waals surface area contributed by atoms with Gasteiger partial charge < -0.3 is 5.21 Å². The number of oxime groups is 1. The summed E-state index contributed by atoms with van der Waals surface area (Å²) in [5.74, 6) is -0.502. The molecule has 0 spiro atoms. The van der Waals surface area contributed by atoms with Crippen molar-refractivity contribution in [3.8, 4) is 0 Å². The normalized spacial score (nSPS) is 11.8. The molecule has 0 radical (unpaired) electrons. The van der Waals surface area contributed by atoms with E-state index >= 15 is 0 Å². The van der Waals surface area contributed by atoms with E-state index in [0.717, 1.165) is 3.57 Å². The molecule has 0 aliphatic heterocycles. The van der Waals surface area contributed by atoms with Gasteiger partial charge in [0.2, 0.25) is 0 Å². The summed E-state index contributed by atoms with van der Waals surface area (Å²) < 4.78 is 13.8. The van der Waals surface area contributed by atoms with Gasteiger partial charge >= 0.3 is 0 Å². The van der Waals surface area contributed by atoms with Crippen LogP contribution in [0.1, 0.15) is 5.56 Å². The first kappa shape index (κ1) is 9.73. The highest BCUT2D eigenvalue weighted by Crippen LogP contribution is 2.14. The molecule has 0 bridgehead atoms. The molecule has 0 atom stereocenters. The van der Waals surface area contributed by atoms with Gasteiger partial charge in [-0.05, 0) is 40.8 Å². The second-order valence-electron chi connectivity index (χ2n) is 2.01. The lowest BCUT2D eigenvalue weighted by Gasteiger charge is -1.98. The minimum absolute atomic E-state index is 0.103. The first-order chi connectivity index (χ1) is 5.65. The van der Waals surface area contributed by atoms with Crippen molar-refractivity contribution in [3.05, 3.63) is 33.1 Å². The molecule has 1 aromatic rings. The highest BCUT2D eigenvalue weighted by atomic mass is 127. The zero-order valence-electron chi connectivity index (χ0n) is 5.76. The predicted octanol–water partition coefficient (Wildman–Crippen LogP) is 2.80. The molecule has 0 saturated heterocycles. The predicted molar refractivity (Wildman–Crippen MR) is 53.3 cm³/mol. The Labute approximate surface area is 87.2 Å². The van der Waals surface area contributed by atoms with Crippen LogP contribution in [0.2, 0.25) is 0 Å². The molecule has 5 heteroatoms. The summed E-state index contributed by atoms with van der Waals surface area (Å²) in [5, 5.41) is 10.7. The number of nitrogens with zero attached hydrogens (tertiary/aromatic N) is 1. The Bertz CT molecular complexity index is 329. The fourth-order valence-corrected chi connectivity index (χ4v) is 1.35. The van der Waals surface area contributed by atoms with Gasteiger partial charge in [-0.1, -0.05) is 16.8 Å². The third-order valence-electron chi connectivity index (χ3n) is 1.24. The van der Waals surface area contributed by atoms with Crippen molar-refractivity contribution >= 4 is 39.4 Å². The Hall–Kier alpha value is -0.360. The Balaban J connectivity index is 3.23. The van der Waals surface area contributed by atoms with E-state index in [1.54, 1.807) is 6.07 Å². The SMILES string of the molecule is O/N=C(\Cl)c1cc(I)ccc1F. The van der Waals surface area contributed by atoms with Crippen LogP contribution in [0.15, 0.2) is 23.4 Å². The van der Waals surface area contributed by atoms with Gasteiger partial charge in [-0.15, -0.1) is 0 Å². The standard InChI is InChI=1S/C7H4ClFINO/c8-7(11-12)5-3-4(10)1-2-6(5)9/h1-3,12H/b11-7-. The molecule has 2 nitrogen and oxygen atoms in total. The lowest BCUT2D eigenvalue weighted by atomic mass is 10.2. The summed E-state index contributed by atoms with van der Waals surface area (Å²) >= 11 is 7.43. The molecule has 0 aliphatic rings. The van der Waals surface area contributed by atoms with Crippen LogP contribution in [0.4, 0.5) is 4.39 Å². The molecule has 0 amide bonds. The molecule has 0 aliphatic carbocycles. The summed E-state index contributed by atoms with van der Waals surface area (Å²) in [4.78, 5) is 0. The third-order valence-corrected chi connectivity index (χ3v) is 2.19. The van der Waals surface area contributed by atoms with Crippen molar-refractivity contribution in [2.75, 3.05) is 0 Å². The summed E-state index contributed by atoms with van der Waals surface area (Å²) in [5.41, 5.74) is 0.103. The molecule has 1 rings (SSSR count). The van der Waals surface area contributed by atoms with Gasteiger partial charge in [0.05, 0.1) is 5.56 Å². The maximum atomic E-state index is 12.9. The fourth-order valence-electron chi connectivity index (χ4n) is 0.709. The molecule has 1 aromatic carbocycles. The van der Waals surface area contributed by atoms with E-state index in [0.29, 0.717) is 0 Å². The van der Waals surface area contributed by atoms with Gasteiger partial charge in [-0.25, -0.2) is 4.39 Å². The zero-order valence-corrected chi connectivity index (χ0v) is 8.67. The topological polar surface area (TPSA) is 32.6 Å². The van der Waals surface area contributed by atoms with Crippen molar-refractivity contribution in [1.82, 2.24) is 0 Å². The third kappa shape index (κ3) is 2.07. The second kappa shape index (κ2) is 4.04. The smallest absolute Gasteiger partial charge is 0.178 e. The molecule has 0 unspecified atom stereocenters. The van der Waals surface area contributed by atoms with Crippen molar-refractivity contribution in [1.29, 1.82) is 0 Å². The number of hydrogen-bond acceptors (Lipinski definition) is 2. The van der Waals surface area contributed by atoms with E-state index in [1.807, 2.05) is 22.6 Å². The molecule has 0 saturated carbocycles. The van der Waals surface area contributed by atoms with Crippen LogP contribution in [0, 0.1) is 9.39 Å². The van der Waals surface area contributed by atoms with Crippen LogP contribution in [0.25, 0.3) is 0 Å². The molecule has 64 valence electrons. The quantitative estimate of drug-likeness (QED) is 0.368. The van der Waals surface area contributed by atoms with Crippen LogP contribution < -0.4 is 0 Å². The molecule has 12 heavy (non-hydrogen) atoms. The van der Waals surface area contributed by atoms with Crippen LogP contribution >= 0.6 is 34.2 Å². The summed E-state index contributed by atoms with van der Waals surface area (Å²) in [6, 6.07) is 4.36. The molecular weight excluding hydrogens is 295 g/mol. The maximum absolute atomic E-state index is 12.9. The molecule has 1 N–H and O–H groups in total. The first-order valence-corrected chi connectivity index (χ1v) is 4.44. The average molecular weight is 299 g/mol. The average Bonchev–Trinajstić information content (AvgIpc) is 2.08. The van der Waals surface area contributed by atoms with Crippen LogP contribution in [0.3, 0.4) is 0 Å². The van der Waals surface area contributed by atoms with Crippen LogP contribution in [-0.2, 0) is 0 Å². The summed E-state index contributed by atoms with van der Waals surface area (Å²) in [7, 11) is 0. The van der Waals surface area contributed by atoms with E-state index in [2.05, 4.69) is 5.16 Å². The number of benzene rings is 1. The second-order valence-corrected chi connectivity index (χ2v) is 3.62. The van der Waals surface area contributed by atoms with E-state index in [1.165, 1.54) is 12.1 Å². The van der Waals surface area contributed by atoms with Crippen molar-refractivity contribution in [2.24, 2.45) is 5.16 Å². The van der Waals surface area contributed by atoms with Crippen molar-refractivity contribution in [2.45, 2.75) is 0 Å². The summed E-state index contributed by atoms with van der Waals surface area (Å²) in [6.07, 6.45) is 0. The van der Waals surface area contributed by atoms with Gasteiger partial charge in [-0.3, -0.25) is 0 Å². The largest absolute Gasteiger partial charge is 0.410 e. The van der Waals surface area contributed by atoms with Gasteiger partial charge in [0.15, 0.2) is 5.17 Å². The highest BCUT2D eigenvalue weighted by Gasteiger charge is 2.07. The van der Waals surface area contributed by atoms with E-state index in [9.17, 15) is 4.39 Å². The monoisotopic (exact) mass is 299 g/mol. The molecule has 0 aromatic heterocycles. The minimum Gasteiger partial charge on any atom is -0.410 e. The van der Waals surface area contributed by atoms with Gasteiger partial charge in [0.25, 0.3) is 0 Å². The van der Waals surface area contributed by atoms with Gasteiger partial charge in [0, 0.05) is 3.57 Å². The van der Waals surface area contributed by atoms with Gasteiger partial charge in [-0.2, -0.15) is 0 Å². The van der Waals surface area contributed by atoms with E-state index < -0.39 is 5.82 Å². The zero-order chi connectivity index (χ0) is 9.14. The molecule has 0 heterocycles. The maximum Gasteiger partial charge on any atom is 0.178 e. The van der Waals surface area contributed by atoms with Crippen molar-refractivity contribution < 1.29 is 9.60 Å². The molecule has 0 fully saturated rings. The lowest BCUT2D eigenvalue weighted by Crippen LogP contribution is -1.96. The molecular formula is C7H4ClFINO. The van der Waals surface area contributed by atoms with E-state index in [-0.39, 0.29) is 10.7 Å². The lowest BCUT2D eigenvalue weighted by molar-refractivity contribution is 0.320. The Morgan fingerprint density at radius 3 is 2.83 bits per heavy atom. The highest BCUT2D eigenvalue weighted by molar-refractivity contribution is 14.1. The van der Waals surface area contributed by atoms with Crippen LogP contribution in [-0.4, -0.2) is 10.4 Å².